The van der Waals surface area contributed by atoms with Crippen LogP contribution >= 0.6 is 23.2 Å². The maximum Gasteiger partial charge on any atom is 0.257 e. The van der Waals surface area contributed by atoms with E-state index in [0.717, 1.165) is 0 Å². The highest BCUT2D eigenvalue weighted by molar-refractivity contribution is 7.89. The second-order valence-corrected chi connectivity index (χ2v) is 10.3. The van der Waals surface area contributed by atoms with E-state index in [1.165, 1.54) is 34.6 Å². The molecular formula is C24H20Cl2N2O5S. The molecule has 7 nitrogen and oxygen atoms in total. The first kappa shape index (κ1) is 24.4. The first-order valence-electron chi connectivity index (χ1n) is 10.4. The molecule has 1 aliphatic rings. The Bertz CT molecular complexity index is 1340. The topological polar surface area (TPSA) is 92.8 Å². The maximum absolute atomic E-state index is 13.1. The zero-order chi connectivity index (χ0) is 24.3. The molecule has 1 N–H and O–H groups in total. The largest absolute Gasteiger partial charge is 0.379 e. The highest BCUT2D eigenvalue weighted by Crippen LogP contribution is 2.27. The lowest BCUT2D eigenvalue weighted by Crippen LogP contribution is -2.40. The second-order valence-electron chi connectivity index (χ2n) is 7.50. The third kappa shape index (κ3) is 5.16. The lowest BCUT2D eigenvalue weighted by atomic mass is 10.0. The molecule has 1 heterocycles. The van der Waals surface area contributed by atoms with Gasteiger partial charge in [0.05, 0.1) is 34.4 Å². The molecule has 0 saturated carbocycles. The third-order valence-corrected chi connectivity index (χ3v) is 7.76. The zero-order valence-electron chi connectivity index (χ0n) is 17.8. The van der Waals surface area contributed by atoms with Gasteiger partial charge in [-0.3, -0.25) is 9.59 Å². The Hall–Kier alpha value is -2.75. The fraction of sp³-hybridized carbons (Fsp3) is 0.167. The van der Waals surface area contributed by atoms with Crippen molar-refractivity contribution in [2.45, 2.75) is 4.90 Å². The van der Waals surface area contributed by atoms with Gasteiger partial charge in [-0.2, -0.15) is 4.31 Å². The lowest BCUT2D eigenvalue weighted by Gasteiger charge is -2.26. The molecule has 0 unspecified atom stereocenters. The Morgan fingerprint density at radius 2 is 1.59 bits per heavy atom. The molecule has 4 rings (SSSR count). The molecule has 3 aromatic carbocycles. The van der Waals surface area contributed by atoms with Crippen LogP contribution in [0, 0.1) is 0 Å². The number of ketones is 1. The Balaban J connectivity index is 1.65. The van der Waals surface area contributed by atoms with Crippen molar-refractivity contribution in [1.82, 2.24) is 4.31 Å². The third-order valence-electron chi connectivity index (χ3n) is 5.30. The van der Waals surface area contributed by atoms with Crippen LogP contribution in [-0.4, -0.2) is 50.7 Å². The monoisotopic (exact) mass is 518 g/mol. The van der Waals surface area contributed by atoms with E-state index in [1.54, 1.807) is 36.4 Å². The minimum absolute atomic E-state index is 0.0379. The number of nitrogens with zero attached hydrogens (tertiary/aromatic N) is 1. The van der Waals surface area contributed by atoms with E-state index in [9.17, 15) is 18.0 Å². The van der Waals surface area contributed by atoms with Gasteiger partial charge >= 0.3 is 0 Å². The van der Waals surface area contributed by atoms with Crippen LogP contribution in [0.15, 0.2) is 71.6 Å². The van der Waals surface area contributed by atoms with Crippen molar-refractivity contribution in [3.05, 3.63) is 93.5 Å². The number of carbonyl (C=O) groups excluding carboxylic acids is 2. The molecule has 0 spiro atoms. The summed E-state index contributed by atoms with van der Waals surface area (Å²) in [5, 5.41) is 3.07. The van der Waals surface area contributed by atoms with Gasteiger partial charge < -0.3 is 10.1 Å². The minimum Gasteiger partial charge on any atom is -0.379 e. The quantitative estimate of drug-likeness (QED) is 0.485. The molecule has 0 bridgehead atoms. The first-order valence-corrected chi connectivity index (χ1v) is 12.5. The first-order chi connectivity index (χ1) is 16.3. The summed E-state index contributed by atoms with van der Waals surface area (Å²) in [7, 11) is -3.83. The Labute approximate surface area is 207 Å². The predicted molar refractivity (Wildman–Crippen MR) is 130 cm³/mol. The normalized spacial score (nSPS) is 14.5. The van der Waals surface area contributed by atoms with E-state index < -0.39 is 15.9 Å². The molecule has 0 aliphatic carbocycles. The van der Waals surface area contributed by atoms with E-state index >= 15 is 0 Å². The molecule has 0 aromatic heterocycles. The van der Waals surface area contributed by atoms with Crippen molar-refractivity contribution in [3.8, 4) is 0 Å². The van der Waals surface area contributed by atoms with Gasteiger partial charge in [-0.15, -0.1) is 0 Å². The van der Waals surface area contributed by atoms with E-state index in [4.69, 9.17) is 27.9 Å². The smallest absolute Gasteiger partial charge is 0.257 e. The molecule has 0 radical (unpaired) electrons. The predicted octanol–water partition coefficient (Wildman–Crippen LogP) is 4.50. The maximum atomic E-state index is 13.1. The van der Waals surface area contributed by atoms with Crippen molar-refractivity contribution in [2.24, 2.45) is 0 Å². The number of benzene rings is 3. The summed E-state index contributed by atoms with van der Waals surface area (Å²) in [5.41, 5.74) is 0.807. The van der Waals surface area contributed by atoms with Crippen LogP contribution in [0.4, 0.5) is 5.69 Å². The van der Waals surface area contributed by atoms with Crippen LogP contribution in [-0.2, 0) is 14.8 Å². The van der Waals surface area contributed by atoms with Crippen LogP contribution in [0.5, 0.6) is 0 Å². The number of hydrogen-bond donors (Lipinski definition) is 1. The molecule has 34 heavy (non-hydrogen) atoms. The number of halogens is 2. The van der Waals surface area contributed by atoms with Crippen LogP contribution in [0.25, 0.3) is 0 Å². The molecule has 1 saturated heterocycles. The molecule has 10 heteroatoms. The number of anilines is 1. The van der Waals surface area contributed by atoms with E-state index in [0.29, 0.717) is 23.8 Å². The van der Waals surface area contributed by atoms with Crippen molar-refractivity contribution >= 4 is 50.6 Å². The SMILES string of the molecule is O=C(Nc1ccc(Cl)cc1C(=O)c1ccccc1)c1cc(S(=O)(=O)N2CCOCC2)ccc1Cl. The molecule has 1 aliphatic heterocycles. The highest BCUT2D eigenvalue weighted by atomic mass is 35.5. The second kappa shape index (κ2) is 10.2. The summed E-state index contributed by atoms with van der Waals surface area (Å²) in [6, 6.07) is 17.0. The number of hydrogen-bond acceptors (Lipinski definition) is 5. The van der Waals surface area contributed by atoms with Gasteiger partial charge in [-0.25, -0.2) is 8.42 Å². The van der Waals surface area contributed by atoms with Gasteiger partial charge in [0, 0.05) is 29.2 Å². The number of sulfonamides is 1. The average molecular weight is 519 g/mol. The Kier molecular flexibility index (Phi) is 7.35. The van der Waals surface area contributed by atoms with E-state index in [-0.39, 0.29) is 45.6 Å². The number of carbonyl (C=O) groups is 2. The summed E-state index contributed by atoms with van der Waals surface area (Å²) in [5.74, 6) is -0.985. The van der Waals surface area contributed by atoms with Crippen molar-refractivity contribution in [1.29, 1.82) is 0 Å². The summed E-state index contributed by atoms with van der Waals surface area (Å²) in [6.07, 6.45) is 0. The Morgan fingerprint density at radius 1 is 0.882 bits per heavy atom. The summed E-state index contributed by atoms with van der Waals surface area (Å²) >= 11 is 12.3. The number of rotatable bonds is 6. The molecular weight excluding hydrogens is 499 g/mol. The van der Waals surface area contributed by atoms with Crippen LogP contribution in [0.1, 0.15) is 26.3 Å². The van der Waals surface area contributed by atoms with E-state index in [2.05, 4.69) is 5.32 Å². The minimum atomic E-state index is -3.83. The fourth-order valence-corrected chi connectivity index (χ4v) is 5.33. The van der Waals surface area contributed by atoms with Crippen molar-refractivity contribution < 1.29 is 22.7 Å². The number of ether oxygens (including phenoxy) is 1. The van der Waals surface area contributed by atoms with Crippen LogP contribution in [0.2, 0.25) is 10.0 Å². The molecule has 3 aromatic rings. The number of amides is 1. The van der Waals surface area contributed by atoms with Gasteiger partial charge in [-0.1, -0.05) is 53.5 Å². The molecule has 176 valence electrons. The summed E-state index contributed by atoms with van der Waals surface area (Å²) in [4.78, 5) is 26.1. The van der Waals surface area contributed by atoms with Crippen molar-refractivity contribution in [2.75, 3.05) is 31.6 Å². The lowest BCUT2D eigenvalue weighted by molar-refractivity contribution is 0.0730. The fourth-order valence-electron chi connectivity index (χ4n) is 3.52. The van der Waals surface area contributed by atoms with Gasteiger partial charge in [0.2, 0.25) is 10.0 Å². The number of nitrogens with one attached hydrogen (secondary N) is 1. The average Bonchev–Trinajstić information content (AvgIpc) is 2.85. The zero-order valence-corrected chi connectivity index (χ0v) is 20.2. The summed E-state index contributed by atoms with van der Waals surface area (Å²) in [6.45, 7) is 1.05. The van der Waals surface area contributed by atoms with Gasteiger partial charge in [-0.05, 0) is 36.4 Å². The van der Waals surface area contributed by atoms with Crippen LogP contribution < -0.4 is 5.32 Å². The van der Waals surface area contributed by atoms with Gasteiger partial charge in [0.1, 0.15) is 0 Å². The molecule has 0 atom stereocenters. The van der Waals surface area contributed by atoms with E-state index in [1.807, 2.05) is 0 Å². The molecule has 1 fully saturated rings. The highest BCUT2D eigenvalue weighted by Gasteiger charge is 2.28. The molecule has 1 amide bonds. The van der Waals surface area contributed by atoms with Crippen LogP contribution in [0.3, 0.4) is 0 Å². The standard InChI is InChI=1S/C24H20Cl2N2O5S/c25-17-6-9-22(20(14-17)23(29)16-4-2-1-3-5-16)27-24(30)19-15-18(7-8-21(19)26)34(31,32)28-10-12-33-13-11-28/h1-9,14-15H,10-13H2,(H,27,30). The Morgan fingerprint density at radius 3 is 2.29 bits per heavy atom. The van der Waals surface area contributed by atoms with Crippen molar-refractivity contribution in [3.63, 3.8) is 0 Å². The number of morpholine rings is 1. The van der Waals surface area contributed by atoms with Gasteiger partial charge in [0.15, 0.2) is 5.78 Å². The summed E-state index contributed by atoms with van der Waals surface area (Å²) < 4.78 is 32.5. The van der Waals surface area contributed by atoms with Gasteiger partial charge in [0.25, 0.3) is 5.91 Å².